The van der Waals surface area contributed by atoms with Crippen LogP contribution in [0.2, 0.25) is 0 Å². The average Bonchev–Trinajstić information content (AvgIpc) is 3.34. The molecule has 0 bridgehead atoms. The number of benzene rings is 1. The molecule has 9 rings (SSSR count). The Labute approximate surface area is 276 Å². The Bertz CT molecular complexity index is 2180. The number of pyridine rings is 1. The lowest BCUT2D eigenvalue weighted by Crippen LogP contribution is -2.36. The number of aromatic nitrogens is 6. The number of halogens is 3. The van der Waals surface area contributed by atoms with Gasteiger partial charge in [-0.1, -0.05) is 11.3 Å². The molecule has 3 fully saturated rings. The van der Waals surface area contributed by atoms with Crippen LogP contribution in [0.3, 0.4) is 0 Å². The predicted molar refractivity (Wildman–Crippen MR) is 174 cm³/mol. The van der Waals surface area contributed by atoms with E-state index in [-0.39, 0.29) is 61.9 Å². The molecule has 3 aliphatic heterocycles. The minimum Gasteiger partial charge on any atom is -0.467 e. The van der Waals surface area contributed by atoms with Crippen molar-refractivity contribution in [1.29, 1.82) is 5.26 Å². The summed E-state index contributed by atoms with van der Waals surface area (Å²) in [7, 11) is 1.36. The van der Waals surface area contributed by atoms with Gasteiger partial charge in [-0.25, -0.2) is 18.2 Å². The molecular weight excluding hydrogens is 645 g/mol. The summed E-state index contributed by atoms with van der Waals surface area (Å²) in [6.07, 6.45) is 5.68. The molecule has 2 N–H and O–H groups in total. The van der Waals surface area contributed by atoms with Crippen LogP contribution in [-0.2, 0) is 13.1 Å². The SMILES string of the molecule is COc1nc(N2CCn3ncc(C#N)c3C2)c2c(=O)n(C3CC3)c(-c3ccc(F)c4sc(N)nc34)c(F)c2n1.FC1CC2CCCN2C1. The Kier molecular flexibility index (Phi) is 7.48. The van der Waals surface area contributed by atoms with Crippen molar-refractivity contribution in [3.8, 4) is 23.3 Å². The van der Waals surface area contributed by atoms with Crippen molar-refractivity contribution < 1.29 is 17.9 Å². The number of nitrogen functional groups attached to an aromatic ring is 1. The molecule has 2 atom stereocenters. The Morgan fingerprint density at radius 1 is 1.08 bits per heavy atom. The second-order valence-corrected chi connectivity index (χ2v) is 13.6. The van der Waals surface area contributed by atoms with Crippen LogP contribution in [-0.4, -0.2) is 73.2 Å². The first kappa shape index (κ1) is 30.6. The smallest absolute Gasteiger partial charge is 0.318 e. The maximum atomic E-state index is 16.7. The number of anilines is 2. The van der Waals surface area contributed by atoms with Crippen molar-refractivity contribution in [3.05, 3.63) is 51.6 Å². The van der Waals surface area contributed by atoms with Crippen LogP contribution >= 0.6 is 11.3 Å². The number of methoxy groups -OCH3 is 1. The number of ether oxygens (including phenoxy) is 1. The molecule has 5 aromatic rings. The summed E-state index contributed by atoms with van der Waals surface area (Å²) in [6, 6.07) is 5.01. The first-order valence-corrected chi connectivity index (χ1v) is 16.7. The van der Waals surface area contributed by atoms with E-state index in [2.05, 4.69) is 31.0 Å². The zero-order chi connectivity index (χ0) is 33.3. The van der Waals surface area contributed by atoms with Crippen LogP contribution < -0.4 is 20.9 Å². The summed E-state index contributed by atoms with van der Waals surface area (Å²) < 4.78 is 52.5. The molecule has 4 aromatic heterocycles. The van der Waals surface area contributed by atoms with Crippen molar-refractivity contribution in [2.24, 2.45) is 0 Å². The summed E-state index contributed by atoms with van der Waals surface area (Å²) in [6.45, 7) is 2.95. The first-order chi connectivity index (χ1) is 23.2. The molecule has 0 spiro atoms. The lowest BCUT2D eigenvalue weighted by molar-refractivity contribution is 0.292. The van der Waals surface area contributed by atoms with Crippen molar-refractivity contribution in [2.45, 2.75) is 63.4 Å². The zero-order valence-electron chi connectivity index (χ0n) is 26.0. The zero-order valence-corrected chi connectivity index (χ0v) is 26.8. The number of nitrogens with two attached hydrogens (primary N) is 1. The summed E-state index contributed by atoms with van der Waals surface area (Å²) in [4.78, 5) is 31.3. The van der Waals surface area contributed by atoms with Crippen molar-refractivity contribution >= 4 is 43.4 Å². The van der Waals surface area contributed by atoms with Gasteiger partial charge in [-0.05, 0) is 50.8 Å². The van der Waals surface area contributed by atoms with Gasteiger partial charge in [0, 0.05) is 30.7 Å². The third kappa shape index (κ3) is 5.03. The van der Waals surface area contributed by atoms with Gasteiger partial charge in [0.2, 0.25) is 0 Å². The second kappa shape index (κ2) is 11.7. The molecular formula is C32H31F3N10O2S. The van der Waals surface area contributed by atoms with Crippen molar-refractivity contribution in [3.63, 3.8) is 0 Å². The molecule has 4 aliphatic rings. The van der Waals surface area contributed by atoms with E-state index in [0.717, 1.165) is 24.3 Å². The minimum absolute atomic E-state index is 0.00608. The Morgan fingerprint density at radius 2 is 1.92 bits per heavy atom. The quantitative estimate of drug-likeness (QED) is 0.288. The van der Waals surface area contributed by atoms with Gasteiger partial charge in [-0.15, -0.1) is 0 Å². The Hall–Kier alpha value is -4.75. The average molecular weight is 677 g/mol. The molecule has 48 heavy (non-hydrogen) atoms. The van der Waals surface area contributed by atoms with Gasteiger partial charge in [0.05, 0.1) is 53.6 Å². The van der Waals surface area contributed by atoms with Gasteiger partial charge in [0.1, 0.15) is 34.8 Å². The van der Waals surface area contributed by atoms with E-state index < -0.39 is 23.4 Å². The molecule has 7 heterocycles. The summed E-state index contributed by atoms with van der Waals surface area (Å²) in [5.41, 5.74) is 6.68. The van der Waals surface area contributed by atoms with Gasteiger partial charge in [-0.2, -0.15) is 20.3 Å². The van der Waals surface area contributed by atoms with E-state index in [9.17, 15) is 18.8 Å². The standard InChI is InChI=1S/C25H19F2N9O2S.C7H12FN/c1-38-25-32-19-16(22(33-25)34-6-7-35-15(10-34)11(8-28)9-30-35)23(37)36(12-2-3-12)20(17(19)27)13-4-5-14(26)21-18(13)31-24(29)39-21;8-6-4-7-2-1-3-9(7)5-6/h4-5,9,12H,2-3,6-7,10H2,1H3,(H2,29,31);6-7H,1-5H2. The van der Waals surface area contributed by atoms with E-state index in [4.69, 9.17) is 10.5 Å². The van der Waals surface area contributed by atoms with Crippen LogP contribution in [0.4, 0.5) is 24.1 Å². The lowest BCUT2D eigenvalue weighted by Gasteiger charge is -2.30. The molecule has 1 saturated carbocycles. The molecule has 2 unspecified atom stereocenters. The Morgan fingerprint density at radius 3 is 2.67 bits per heavy atom. The van der Waals surface area contributed by atoms with E-state index >= 15 is 4.39 Å². The number of thiazole rings is 1. The minimum atomic E-state index is -0.766. The number of nitrogens with zero attached hydrogens (tertiary/aromatic N) is 9. The Balaban J connectivity index is 0.000000321. The normalized spacial score (nSPS) is 20.4. The van der Waals surface area contributed by atoms with Crippen LogP contribution in [0.1, 0.15) is 49.4 Å². The fourth-order valence-electron chi connectivity index (χ4n) is 7.20. The van der Waals surface area contributed by atoms with Gasteiger partial charge < -0.3 is 19.9 Å². The number of hydrogen-bond donors (Lipinski definition) is 1. The molecule has 248 valence electrons. The second-order valence-electron chi connectivity index (χ2n) is 12.5. The third-order valence-electron chi connectivity index (χ3n) is 9.57. The summed E-state index contributed by atoms with van der Waals surface area (Å²) in [5, 5.41) is 13.9. The van der Waals surface area contributed by atoms with Gasteiger partial charge in [0.15, 0.2) is 10.9 Å². The first-order valence-electron chi connectivity index (χ1n) is 15.9. The fraction of sp³-hybridized carbons (Fsp3) is 0.438. The number of alkyl halides is 1. The van der Waals surface area contributed by atoms with Crippen LogP contribution in [0.25, 0.3) is 32.4 Å². The molecule has 2 saturated heterocycles. The molecule has 1 aromatic carbocycles. The van der Waals surface area contributed by atoms with E-state index in [1.807, 2.05) is 0 Å². The maximum Gasteiger partial charge on any atom is 0.318 e. The van der Waals surface area contributed by atoms with Crippen molar-refractivity contribution in [1.82, 2.24) is 34.2 Å². The lowest BCUT2D eigenvalue weighted by atomic mass is 10.1. The number of fused-ring (bicyclic) bond motifs is 4. The van der Waals surface area contributed by atoms with E-state index in [0.29, 0.717) is 49.8 Å². The van der Waals surface area contributed by atoms with Crippen LogP contribution in [0, 0.1) is 23.0 Å². The monoisotopic (exact) mass is 676 g/mol. The fourth-order valence-corrected chi connectivity index (χ4v) is 7.97. The highest BCUT2D eigenvalue weighted by Crippen LogP contribution is 2.43. The summed E-state index contributed by atoms with van der Waals surface area (Å²) >= 11 is 0.956. The molecule has 0 radical (unpaired) electrons. The number of hydrogen-bond acceptors (Lipinski definition) is 11. The molecule has 12 nitrogen and oxygen atoms in total. The molecule has 0 amide bonds. The number of nitriles is 1. The highest BCUT2D eigenvalue weighted by atomic mass is 32.1. The predicted octanol–water partition coefficient (Wildman–Crippen LogP) is 4.55. The van der Waals surface area contributed by atoms with Crippen LogP contribution in [0.15, 0.2) is 23.1 Å². The topological polar surface area (TPSA) is 144 Å². The van der Waals surface area contributed by atoms with Crippen LogP contribution in [0.5, 0.6) is 6.01 Å². The van der Waals surface area contributed by atoms with Gasteiger partial charge in [-0.3, -0.25) is 14.4 Å². The van der Waals surface area contributed by atoms with Gasteiger partial charge >= 0.3 is 6.01 Å². The highest BCUT2D eigenvalue weighted by molar-refractivity contribution is 7.22. The van der Waals surface area contributed by atoms with E-state index in [1.165, 1.54) is 42.8 Å². The highest BCUT2D eigenvalue weighted by Gasteiger charge is 2.36. The largest absolute Gasteiger partial charge is 0.467 e. The molecule has 1 aliphatic carbocycles. The molecule has 16 heteroatoms. The maximum absolute atomic E-state index is 16.7. The third-order valence-corrected chi connectivity index (χ3v) is 10.5. The number of rotatable bonds is 4. The summed E-state index contributed by atoms with van der Waals surface area (Å²) in [5.74, 6) is -1.09. The van der Waals surface area contributed by atoms with Crippen molar-refractivity contribution in [2.75, 3.05) is 37.4 Å². The van der Waals surface area contributed by atoms with E-state index in [1.54, 1.807) is 9.58 Å². The van der Waals surface area contributed by atoms with Gasteiger partial charge in [0.25, 0.3) is 5.56 Å².